The van der Waals surface area contributed by atoms with Gasteiger partial charge in [-0.15, -0.1) is 11.3 Å². The van der Waals surface area contributed by atoms with Crippen LogP contribution in [-0.4, -0.2) is 19.5 Å². The lowest BCUT2D eigenvalue weighted by molar-refractivity contribution is 0.475. The molecular weight excluding hydrogens is 460 g/mol. The van der Waals surface area contributed by atoms with Crippen LogP contribution in [0.4, 0.5) is 0 Å². The number of thiophene rings is 1. The summed E-state index contributed by atoms with van der Waals surface area (Å²) < 4.78 is 3.19. The maximum absolute atomic E-state index is 13.1. The topological polar surface area (TPSA) is 80.6 Å². The molecule has 6 nitrogen and oxygen atoms in total. The van der Waals surface area contributed by atoms with Crippen molar-refractivity contribution in [3.8, 4) is 0 Å². The van der Waals surface area contributed by atoms with E-state index in [0.717, 1.165) is 4.47 Å². The van der Waals surface area contributed by atoms with Gasteiger partial charge in [-0.05, 0) is 35.6 Å². The third kappa shape index (κ3) is 3.78. The quantitative estimate of drug-likeness (QED) is 0.340. The molecule has 3 aromatic heterocycles. The summed E-state index contributed by atoms with van der Waals surface area (Å²) in [5.41, 5.74) is 1.16. The molecule has 1 aromatic carbocycles. The molecule has 0 saturated carbocycles. The van der Waals surface area contributed by atoms with E-state index in [1.165, 1.54) is 23.1 Å². The van der Waals surface area contributed by atoms with Crippen LogP contribution in [-0.2, 0) is 12.3 Å². The van der Waals surface area contributed by atoms with E-state index in [2.05, 4.69) is 39.7 Å². The van der Waals surface area contributed by atoms with Gasteiger partial charge >= 0.3 is 0 Å². The van der Waals surface area contributed by atoms with Crippen molar-refractivity contribution >= 4 is 60.1 Å². The number of nitrogens with one attached hydrogen (secondary N) is 1. The second kappa shape index (κ2) is 7.81. The number of fused-ring (bicyclic) bond motifs is 2. The second-order valence-electron chi connectivity index (χ2n) is 6.80. The van der Waals surface area contributed by atoms with E-state index < -0.39 is 0 Å². The minimum Gasteiger partial charge on any atom is -0.309 e. The summed E-state index contributed by atoms with van der Waals surface area (Å²) in [6, 6.07) is 7.35. The van der Waals surface area contributed by atoms with E-state index in [4.69, 9.17) is 4.98 Å². The SMILES string of the molecule is CC(C)Cn1c(SCc2nc3ccsc3c(=O)[nH]2)nc2ccc(Br)cc2c1=O. The van der Waals surface area contributed by atoms with Gasteiger partial charge in [-0.25, -0.2) is 9.97 Å². The van der Waals surface area contributed by atoms with Crippen molar-refractivity contribution in [2.24, 2.45) is 5.92 Å². The molecule has 28 heavy (non-hydrogen) atoms. The van der Waals surface area contributed by atoms with E-state index in [0.29, 0.717) is 50.3 Å². The van der Waals surface area contributed by atoms with Gasteiger partial charge in [0.15, 0.2) is 5.16 Å². The zero-order valence-corrected chi connectivity index (χ0v) is 18.4. The fourth-order valence-corrected chi connectivity index (χ4v) is 4.90. The molecule has 0 unspecified atom stereocenters. The number of aromatic amines is 1. The third-order valence-corrected chi connectivity index (χ3v) is 6.51. The van der Waals surface area contributed by atoms with Gasteiger partial charge in [0.1, 0.15) is 10.5 Å². The molecule has 0 bridgehead atoms. The average Bonchev–Trinajstić information content (AvgIpc) is 3.12. The van der Waals surface area contributed by atoms with Gasteiger partial charge in [-0.3, -0.25) is 14.2 Å². The number of nitrogens with zero attached hydrogens (tertiary/aromatic N) is 3. The first kappa shape index (κ1) is 19.4. The second-order valence-corrected chi connectivity index (χ2v) is 9.58. The molecule has 0 spiro atoms. The maximum atomic E-state index is 13.1. The Balaban J connectivity index is 1.74. The van der Waals surface area contributed by atoms with Gasteiger partial charge in [0, 0.05) is 11.0 Å². The molecule has 144 valence electrons. The fourth-order valence-electron chi connectivity index (χ4n) is 2.93. The van der Waals surface area contributed by atoms with E-state index in [9.17, 15) is 9.59 Å². The van der Waals surface area contributed by atoms with Gasteiger partial charge < -0.3 is 4.98 Å². The predicted molar refractivity (Wildman–Crippen MR) is 118 cm³/mol. The molecule has 0 atom stereocenters. The Hall–Kier alpha value is -1.97. The predicted octanol–water partition coefficient (Wildman–Crippen LogP) is 4.41. The van der Waals surface area contributed by atoms with Crippen LogP contribution in [0.25, 0.3) is 21.1 Å². The standard InChI is InChI=1S/C19H17BrN4O2S2/c1-10(2)8-24-18(26)12-7-11(20)3-4-13(12)22-19(24)28-9-15-21-14-5-6-27-16(14)17(25)23-15/h3-7,10H,8-9H2,1-2H3,(H,21,23,25). The van der Waals surface area contributed by atoms with Gasteiger partial charge in [-0.2, -0.15) is 0 Å². The number of hydrogen-bond acceptors (Lipinski definition) is 6. The number of halogens is 1. The summed E-state index contributed by atoms with van der Waals surface area (Å²) in [5.74, 6) is 1.29. The normalized spacial score (nSPS) is 11.7. The van der Waals surface area contributed by atoms with E-state index in [1.54, 1.807) is 10.6 Å². The highest BCUT2D eigenvalue weighted by Gasteiger charge is 2.14. The van der Waals surface area contributed by atoms with Gasteiger partial charge in [-0.1, -0.05) is 41.5 Å². The van der Waals surface area contributed by atoms with Crippen LogP contribution in [0.1, 0.15) is 19.7 Å². The number of hydrogen-bond donors (Lipinski definition) is 1. The summed E-state index contributed by atoms with van der Waals surface area (Å²) in [7, 11) is 0. The molecule has 0 aliphatic rings. The zero-order chi connectivity index (χ0) is 19.8. The highest BCUT2D eigenvalue weighted by atomic mass is 79.9. The fraction of sp³-hybridized carbons (Fsp3) is 0.263. The third-order valence-electron chi connectivity index (χ3n) is 4.13. The molecule has 3 heterocycles. The summed E-state index contributed by atoms with van der Waals surface area (Å²) in [6.45, 7) is 4.70. The van der Waals surface area contributed by atoms with Crippen LogP contribution in [0.2, 0.25) is 0 Å². The number of H-pyrrole nitrogens is 1. The van der Waals surface area contributed by atoms with Crippen LogP contribution in [0, 0.1) is 5.92 Å². The Morgan fingerprint density at radius 1 is 1.21 bits per heavy atom. The molecular formula is C19H17BrN4O2S2. The number of thioether (sulfide) groups is 1. The summed E-state index contributed by atoms with van der Waals surface area (Å²) in [6.07, 6.45) is 0. The lowest BCUT2D eigenvalue weighted by atomic mass is 10.2. The maximum Gasteiger partial charge on any atom is 0.268 e. The lowest BCUT2D eigenvalue weighted by Gasteiger charge is -2.15. The monoisotopic (exact) mass is 476 g/mol. The minimum atomic E-state index is -0.133. The number of rotatable bonds is 5. The van der Waals surface area contributed by atoms with Crippen molar-refractivity contribution in [3.05, 3.63) is 60.7 Å². The minimum absolute atomic E-state index is 0.0581. The van der Waals surface area contributed by atoms with Crippen molar-refractivity contribution in [1.82, 2.24) is 19.5 Å². The van der Waals surface area contributed by atoms with Crippen molar-refractivity contribution in [2.75, 3.05) is 0 Å². The van der Waals surface area contributed by atoms with E-state index >= 15 is 0 Å². The van der Waals surface area contributed by atoms with Crippen molar-refractivity contribution < 1.29 is 0 Å². The van der Waals surface area contributed by atoms with Crippen molar-refractivity contribution in [1.29, 1.82) is 0 Å². The molecule has 4 aromatic rings. The van der Waals surface area contributed by atoms with Crippen LogP contribution in [0.5, 0.6) is 0 Å². The van der Waals surface area contributed by atoms with Crippen LogP contribution >= 0.6 is 39.0 Å². The Morgan fingerprint density at radius 3 is 2.82 bits per heavy atom. The molecule has 0 fully saturated rings. The van der Waals surface area contributed by atoms with E-state index in [1.807, 2.05) is 23.6 Å². The first-order valence-corrected chi connectivity index (χ1v) is 11.4. The first-order chi connectivity index (χ1) is 13.4. The summed E-state index contributed by atoms with van der Waals surface area (Å²) in [4.78, 5) is 37.3. The molecule has 0 saturated heterocycles. The average molecular weight is 477 g/mol. The molecule has 1 N–H and O–H groups in total. The first-order valence-electron chi connectivity index (χ1n) is 8.71. The summed E-state index contributed by atoms with van der Waals surface area (Å²) >= 11 is 6.20. The smallest absolute Gasteiger partial charge is 0.268 e. The molecule has 0 aliphatic carbocycles. The highest BCUT2D eigenvalue weighted by molar-refractivity contribution is 9.10. The number of benzene rings is 1. The Kier molecular flexibility index (Phi) is 5.39. The highest BCUT2D eigenvalue weighted by Crippen LogP contribution is 2.24. The van der Waals surface area contributed by atoms with Gasteiger partial charge in [0.2, 0.25) is 0 Å². The van der Waals surface area contributed by atoms with Crippen LogP contribution < -0.4 is 11.1 Å². The lowest BCUT2D eigenvalue weighted by Crippen LogP contribution is -2.25. The van der Waals surface area contributed by atoms with Gasteiger partial charge in [0.05, 0.1) is 22.2 Å². The Labute approximate surface area is 177 Å². The molecule has 9 heteroatoms. The van der Waals surface area contributed by atoms with Gasteiger partial charge in [0.25, 0.3) is 11.1 Å². The number of aromatic nitrogens is 4. The van der Waals surface area contributed by atoms with Crippen LogP contribution in [0.3, 0.4) is 0 Å². The Bertz CT molecular complexity index is 1290. The van der Waals surface area contributed by atoms with Crippen molar-refractivity contribution in [2.45, 2.75) is 31.3 Å². The Morgan fingerprint density at radius 2 is 2.04 bits per heavy atom. The summed E-state index contributed by atoms with van der Waals surface area (Å²) in [5, 5.41) is 3.07. The molecule has 0 radical (unpaired) electrons. The molecule has 4 rings (SSSR count). The zero-order valence-electron chi connectivity index (χ0n) is 15.2. The van der Waals surface area contributed by atoms with Crippen molar-refractivity contribution in [3.63, 3.8) is 0 Å². The largest absolute Gasteiger partial charge is 0.309 e. The van der Waals surface area contributed by atoms with E-state index in [-0.39, 0.29) is 11.1 Å². The molecule has 0 aliphatic heterocycles. The molecule has 0 amide bonds. The van der Waals surface area contributed by atoms with Crippen LogP contribution in [0.15, 0.2) is 48.9 Å².